The van der Waals surface area contributed by atoms with Crippen molar-refractivity contribution in [1.29, 1.82) is 0 Å². The molecule has 0 aromatic heterocycles. The first kappa shape index (κ1) is 25.5. The lowest BCUT2D eigenvalue weighted by molar-refractivity contribution is -0.163. The Morgan fingerprint density at radius 3 is 2.41 bits per heavy atom. The van der Waals surface area contributed by atoms with Crippen LogP contribution in [0.25, 0.3) is 0 Å². The molecule has 1 aliphatic rings. The van der Waals surface area contributed by atoms with Crippen LogP contribution in [0.3, 0.4) is 0 Å². The number of amides is 1. The second-order valence-electron chi connectivity index (χ2n) is 8.91. The summed E-state index contributed by atoms with van der Waals surface area (Å²) in [4.78, 5) is 52.3. The number of hydrogen-bond donors (Lipinski definition) is 1. The van der Waals surface area contributed by atoms with E-state index in [-0.39, 0.29) is 24.7 Å². The van der Waals surface area contributed by atoms with Crippen LogP contribution >= 0.6 is 0 Å². The Morgan fingerprint density at radius 2 is 1.81 bits per heavy atom. The lowest BCUT2D eigenvalue weighted by Gasteiger charge is -2.30. The molecule has 3 atom stereocenters. The summed E-state index contributed by atoms with van der Waals surface area (Å²) >= 11 is 0. The molecule has 8 heteroatoms. The highest BCUT2D eigenvalue weighted by Gasteiger charge is 2.39. The van der Waals surface area contributed by atoms with Gasteiger partial charge in [-0.1, -0.05) is 30.3 Å². The van der Waals surface area contributed by atoms with Crippen molar-refractivity contribution < 1.29 is 28.7 Å². The minimum absolute atomic E-state index is 0.143. The van der Waals surface area contributed by atoms with Crippen LogP contribution in [-0.2, 0) is 23.9 Å². The fourth-order valence-electron chi connectivity index (χ4n) is 3.65. The van der Waals surface area contributed by atoms with Crippen molar-refractivity contribution in [2.75, 3.05) is 13.2 Å². The molecule has 0 aliphatic carbocycles. The summed E-state index contributed by atoms with van der Waals surface area (Å²) < 4.78 is 10.6. The number of likely N-dealkylation sites (tertiary alicyclic amines) is 1. The van der Waals surface area contributed by atoms with E-state index < -0.39 is 35.7 Å². The molecule has 8 nitrogen and oxygen atoms in total. The quantitative estimate of drug-likeness (QED) is 0.459. The van der Waals surface area contributed by atoms with Gasteiger partial charge in [0, 0.05) is 18.5 Å². The van der Waals surface area contributed by atoms with Crippen LogP contribution in [0.2, 0.25) is 0 Å². The predicted molar refractivity (Wildman–Crippen MR) is 119 cm³/mol. The predicted octanol–water partition coefficient (Wildman–Crippen LogP) is 2.50. The van der Waals surface area contributed by atoms with E-state index in [1.165, 1.54) is 4.90 Å². The number of Topliss-reactive ketones (excluding diaryl/α,β-unsaturated/α-hetero) is 1. The number of ketones is 1. The summed E-state index contributed by atoms with van der Waals surface area (Å²) in [6, 6.07) is 6.21. The number of ether oxygens (including phenoxy) is 2. The number of carbonyl (C=O) groups is 4. The minimum atomic E-state index is -0.982. The highest BCUT2D eigenvalue weighted by molar-refractivity contribution is 5.99. The Kier molecular flexibility index (Phi) is 8.95. The topological polar surface area (TPSA) is 102 Å². The number of nitrogens with one attached hydrogen (secondary N) is 1. The number of esters is 2. The highest BCUT2D eigenvalue weighted by Crippen LogP contribution is 2.22. The molecular formula is C24H34N2O6. The van der Waals surface area contributed by atoms with E-state index in [2.05, 4.69) is 5.32 Å². The first-order chi connectivity index (χ1) is 15.0. The molecule has 1 heterocycles. The first-order valence-corrected chi connectivity index (χ1v) is 11.1. The molecule has 32 heavy (non-hydrogen) atoms. The van der Waals surface area contributed by atoms with Gasteiger partial charge in [-0.15, -0.1) is 0 Å². The second kappa shape index (κ2) is 11.2. The van der Waals surface area contributed by atoms with Gasteiger partial charge in [-0.3, -0.25) is 19.7 Å². The molecule has 1 aliphatic heterocycles. The van der Waals surface area contributed by atoms with E-state index in [1.807, 2.05) is 0 Å². The van der Waals surface area contributed by atoms with Crippen molar-refractivity contribution >= 4 is 23.6 Å². The third-order valence-electron chi connectivity index (χ3n) is 5.09. The highest BCUT2D eigenvalue weighted by atomic mass is 16.6. The molecule has 0 spiro atoms. The summed E-state index contributed by atoms with van der Waals surface area (Å²) in [6.07, 6.45) is 1.08. The Morgan fingerprint density at radius 1 is 1.16 bits per heavy atom. The molecular weight excluding hydrogens is 412 g/mol. The summed E-state index contributed by atoms with van der Waals surface area (Å²) in [7, 11) is 0. The maximum atomic E-state index is 13.1. The zero-order valence-corrected chi connectivity index (χ0v) is 19.6. The second-order valence-corrected chi connectivity index (χ2v) is 8.91. The van der Waals surface area contributed by atoms with Crippen molar-refractivity contribution in [2.24, 2.45) is 0 Å². The molecule has 1 aromatic rings. The largest absolute Gasteiger partial charge is 0.465 e. The number of benzene rings is 1. The Balaban J connectivity index is 2.09. The zero-order valence-electron chi connectivity index (χ0n) is 19.6. The molecule has 0 unspecified atom stereocenters. The van der Waals surface area contributed by atoms with Crippen LogP contribution in [0.4, 0.5) is 0 Å². The Labute approximate surface area is 189 Å². The first-order valence-electron chi connectivity index (χ1n) is 11.1. The standard InChI is InChI=1S/C24H34N2O6/c1-6-31-22(29)18(15-20(27)17-11-8-7-9-12-17)25-16(2)21(28)26-14-10-13-19(26)23(30)32-24(3,4)5/h7-9,11-12,16,18-19,25H,6,10,13-15H2,1-5H3/t16-,18-,19-/m0/s1. The summed E-state index contributed by atoms with van der Waals surface area (Å²) in [6.45, 7) is 9.23. The van der Waals surface area contributed by atoms with Gasteiger partial charge in [-0.2, -0.15) is 0 Å². The van der Waals surface area contributed by atoms with E-state index in [0.29, 0.717) is 24.9 Å². The number of nitrogens with zero attached hydrogens (tertiary/aromatic N) is 1. The SMILES string of the molecule is CCOC(=O)[C@H](CC(=O)c1ccccc1)N[C@@H](C)C(=O)N1CCC[C@H]1C(=O)OC(C)(C)C. The van der Waals surface area contributed by atoms with Gasteiger partial charge < -0.3 is 14.4 Å². The van der Waals surface area contributed by atoms with E-state index in [4.69, 9.17) is 9.47 Å². The van der Waals surface area contributed by atoms with Crippen LogP contribution in [0, 0.1) is 0 Å². The van der Waals surface area contributed by atoms with Crippen molar-refractivity contribution in [1.82, 2.24) is 10.2 Å². The molecule has 0 saturated carbocycles. The maximum Gasteiger partial charge on any atom is 0.329 e. The lowest BCUT2D eigenvalue weighted by Crippen LogP contribution is -2.54. The average molecular weight is 447 g/mol. The monoisotopic (exact) mass is 446 g/mol. The molecule has 1 aromatic carbocycles. The molecule has 1 N–H and O–H groups in total. The van der Waals surface area contributed by atoms with Crippen molar-refractivity contribution in [3.05, 3.63) is 35.9 Å². The molecule has 0 radical (unpaired) electrons. The minimum Gasteiger partial charge on any atom is -0.465 e. The van der Waals surface area contributed by atoms with Gasteiger partial charge >= 0.3 is 11.9 Å². The van der Waals surface area contributed by atoms with Gasteiger partial charge in [0.25, 0.3) is 0 Å². The van der Waals surface area contributed by atoms with Gasteiger partial charge in [-0.25, -0.2) is 4.79 Å². The number of carbonyl (C=O) groups excluding carboxylic acids is 4. The van der Waals surface area contributed by atoms with Gasteiger partial charge in [-0.05, 0) is 47.5 Å². The van der Waals surface area contributed by atoms with E-state index in [0.717, 1.165) is 0 Å². The third-order valence-corrected chi connectivity index (χ3v) is 5.09. The summed E-state index contributed by atoms with van der Waals surface area (Å²) in [5.74, 6) is -1.58. The average Bonchev–Trinajstić information content (AvgIpc) is 3.22. The third kappa shape index (κ3) is 7.15. The van der Waals surface area contributed by atoms with Gasteiger partial charge in [0.1, 0.15) is 17.7 Å². The molecule has 176 valence electrons. The van der Waals surface area contributed by atoms with Crippen molar-refractivity contribution in [2.45, 2.75) is 77.6 Å². The summed E-state index contributed by atoms with van der Waals surface area (Å²) in [5.41, 5.74) is -0.169. The molecule has 1 fully saturated rings. The zero-order chi connectivity index (χ0) is 23.9. The molecule has 1 saturated heterocycles. The van der Waals surface area contributed by atoms with Gasteiger partial charge in [0.15, 0.2) is 5.78 Å². The molecule has 0 bridgehead atoms. The van der Waals surface area contributed by atoms with Gasteiger partial charge in [0.2, 0.25) is 5.91 Å². The van der Waals surface area contributed by atoms with E-state index >= 15 is 0 Å². The molecule has 1 amide bonds. The van der Waals surface area contributed by atoms with Crippen LogP contribution < -0.4 is 5.32 Å². The number of hydrogen-bond acceptors (Lipinski definition) is 7. The van der Waals surface area contributed by atoms with Crippen LogP contribution in [0.1, 0.15) is 64.2 Å². The lowest BCUT2D eigenvalue weighted by atomic mass is 10.0. The maximum absolute atomic E-state index is 13.1. The van der Waals surface area contributed by atoms with Crippen molar-refractivity contribution in [3.63, 3.8) is 0 Å². The van der Waals surface area contributed by atoms with Crippen molar-refractivity contribution in [3.8, 4) is 0 Å². The Hall–Kier alpha value is -2.74. The smallest absolute Gasteiger partial charge is 0.329 e. The van der Waals surface area contributed by atoms with Crippen LogP contribution in [-0.4, -0.2) is 65.4 Å². The van der Waals surface area contributed by atoms with E-state index in [1.54, 1.807) is 65.0 Å². The normalized spacial score (nSPS) is 18.0. The fourth-order valence-corrected chi connectivity index (χ4v) is 3.65. The fraction of sp³-hybridized carbons (Fsp3) is 0.583. The van der Waals surface area contributed by atoms with E-state index in [9.17, 15) is 19.2 Å². The number of rotatable bonds is 9. The van der Waals surface area contributed by atoms with Crippen LogP contribution in [0.15, 0.2) is 30.3 Å². The Bertz CT molecular complexity index is 818. The van der Waals surface area contributed by atoms with Crippen LogP contribution in [0.5, 0.6) is 0 Å². The molecule has 2 rings (SSSR count). The van der Waals surface area contributed by atoms with Gasteiger partial charge in [0.05, 0.1) is 12.6 Å². The summed E-state index contributed by atoms with van der Waals surface area (Å²) in [5, 5.41) is 2.95.